The summed E-state index contributed by atoms with van der Waals surface area (Å²) in [6.07, 6.45) is 16.3. The fourth-order valence-corrected chi connectivity index (χ4v) is 10.6. The molecule has 8 nitrogen and oxygen atoms in total. The number of rotatable bonds is 18. The highest BCUT2D eigenvalue weighted by molar-refractivity contribution is 6.18. The Bertz CT molecular complexity index is 1360. The van der Waals surface area contributed by atoms with Gasteiger partial charge in [-0.15, -0.1) is 0 Å². The van der Waals surface area contributed by atoms with E-state index >= 15 is 0 Å². The topological polar surface area (TPSA) is 129 Å². The molecule has 0 heterocycles. The van der Waals surface area contributed by atoms with Crippen LogP contribution >= 0.6 is 0 Å². The van der Waals surface area contributed by atoms with Crippen molar-refractivity contribution in [1.82, 2.24) is 10.6 Å². The van der Waals surface area contributed by atoms with Crippen LogP contribution in [-0.2, 0) is 20.1 Å². The maximum absolute atomic E-state index is 13.4. The molecule has 8 rings (SSSR count). The summed E-state index contributed by atoms with van der Waals surface area (Å²) in [7, 11) is 1.24. The van der Waals surface area contributed by atoms with Crippen molar-refractivity contribution in [2.45, 2.75) is 154 Å². The van der Waals surface area contributed by atoms with Gasteiger partial charge in [0.2, 0.25) is 0 Å². The second-order valence-electron chi connectivity index (χ2n) is 17.9. The highest BCUT2D eigenvalue weighted by Gasteiger charge is 2.51. The second-order valence-corrected chi connectivity index (χ2v) is 17.9. The highest BCUT2D eigenvalue weighted by atomic mass is 16.6. The molecule has 2 aromatic rings. The first-order valence-electron chi connectivity index (χ1n) is 20.8. The molecule has 2 aromatic carbocycles. The zero-order chi connectivity index (χ0) is 37.7. The van der Waals surface area contributed by atoms with E-state index < -0.39 is 12.5 Å². The summed E-state index contributed by atoms with van der Waals surface area (Å²) in [5.41, 5.74) is 17.1. The molecule has 6 fully saturated rings. The lowest BCUT2D eigenvalue weighted by Gasteiger charge is -2.56. The van der Waals surface area contributed by atoms with Crippen molar-refractivity contribution in [1.29, 1.82) is 0 Å². The van der Waals surface area contributed by atoms with Crippen molar-refractivity contribution in [3.05, 3.63) is 70.8 Å². The average Bonchev–Trinajstić information content (AvgIpc) is 3.20. The summed E-state index contributed by atoms with van der Waals surface area (Å²) in [6.45, 7) is 10.5. The largest absolute Gasteiger partial charge is 0.491 e. The van der Waals surface area contributed by atoms with Gasteiger partial charge in [0, 0.05) is 11.1 Å². The lowest BCUT2D eigenvalue weighted by atomic mass is 9.49. The first-order valence-corrected chi connectivity index (χ1v) is 20.8. The number of hydrogen-bond donors (Lipinski definition) is 4. The molecule has 53 heavy (non-hydrogen) atoms. The fourth-order valence-electron chi connectivity index (χ4n) is 10.6. The lowest BCUT2D eigenvalue weighted by molar-refractivity contribution is 0.00185. The molecule has 0 aliphatic heterocycles. The number of nitrogens with two attached hydrogens (primary N) is 2. The van der Waals surface area contributed by atoms with Gasteiger partial charge in [0.15, 0.2) is 0 Å². The molecule has 2 unspecified atom stereocenters. The minimum Gasteiger partial charge on any atom is -0.393 e. The predicted molar refractivity (Wildman–Crippen MR) is 213 cm³/mol. The van der Waals surface area contributed by atoms with Gasteiger partial charge in [-0.2, -0.15) is 0 Å². The zero-order valence-electron chi connectivity index (χ0n) is 33.0. The van der Waals surface area contributed by atoms with Crippen LogP contribution in [-0.4, -0.2) is 45.0 Å². The maximum atomic E-state index is 13.4. The van der Waals surface area contributed by atoms with Crippen LogP contribution in [0.2, 0.25) is 0 Å². The Morgan fingerprint density at radius 1 is 0.585 bits per heavy atom. The van der Waals surface area contributed by atoms with Crippen molar-refractivity contribution in [3.8, 4) is 0 Å². The van der Waals surface area contributed by atoms with Crippen LogP contribution in [0.3, 0.4) is 0 Å². The van der Waals surface area contributed by atoms with Crippen LogP contribution in [0.4, 0.5) is 0 Å². The fraction of sp³-hybridized carbons (Fsp3) is 0.682. The molecule has 0 saturated heterocycles. The Balaban J connectivity index is 1.01. The van der Waals surface area contributed by atoms with Crippen LogP contribution in [0.25, 0.3) is 0 Å². The highest BCUT2D eigenvalue weighted by Crippen LogP contribution is 2.61. The SMILES string of the molecule is CC(C)C12CCC(c3ccc(C(=O)NC(CCCN)O[B]OC(CCCN)NC(=O)c4ccc(C56CCC(C(C)C)(CC5)CC6)cc4)cc3)(CC1)CC2. The zero-order valence-corrected chi connectivity index (χ0v) is 33.0. The summed E-state index contributed by atoms with van der Waals surface area (Å²) >= 11 is 0. The van der Waals surface area contributed by atoms with Crippen molar-refractivity contribution >= 4 is 19.5 Å². The molecule has 289 valence electrons. The number of carbonyl (C=O) groups excluding carboxylic acids is 2. The van der Waals surface area contributed by atoms with E-state index in [0.717, 1.165) is 11.8 Å². The van der Waals surface area contributed by atoms with E-state index in [-0.39, 0.29) is 22.6 Å². The second kappa shape index (κ2) is 17.0. The smallest absolute Gasteiger partial charge is 0.393 e. The number of fused-ring (bicyclic) bond motifs is 6. The molecule has 1 radical (unpaired) electrons. The minimum atomic E-state index is -0.631. The van der Waals surface area contributed by atoms with Gasteiger partial charge >= 0.3 is 7.69 Å². The van der Waals surface area contributed by atoms with Crippen molar-refractivity contribution in [3.63, 3.8) is 0 Å². The Morgan fingerprint density at radius 2 is 0.906 bits per heavy atom. The molecule has 6 N–H and O–H groups in total. The summed E-state index contributed by atoms with van der Waals surface area (Å²) < 4.78 is 11.9. The molecular weight excluding hydrogens is 659 g/mol. The van der Waals surface area contributed by atoms with E-state index in [1.54, 1.807) is 0 Å². The summed E-state index contributed by atoms with van der Waals surface area (Å²) in [5.74, 6) is 1.07. The van der Waals surface area contributed by atoms with Crippen LogP contribution in [0, 0.1) is 22.7 Å². The molecule has 9 heteroatoms. The summed E-state index contributed by atoms with van der Waals surface area (Å²) in [6, 6.07) is 16.4. The van der Waals surface area contributed by atoms with E-state index in [2.05, 4.69) is 62.6 Å². The number of carbonyl (C=O) groups is 2. The number of benzene rings is 2. The minimum absolute atomic E-state index is 0.202. The van der Waals surface area contributed by atoms with Crippen molar-refractivity contribution in [2.75, 3.05) is 13.1 Å². The van der Waals surface area contributed by atoms with Crippen LogP contribution in [0.5, 0.6) is 0 Å². The molecule has 0 aromatic heterocycles. The molecule has 6 saturated carbocycles. The lowest BCUT2D eigenvalue weighted by Crippen LogP contribution is -2.46. The number of amides is 2. The Morgan fingerprint density at radius 3 is 1.19 bits per heavy atom. The normalized spacial score (nSPS) is 28.9. The third-order valence-corrected chi connectivity index (χ3v) is 14.9. The van der Waals surface area contributed by atoms with Gasteiger partial charge in [-0.05, 0) is 185 Å². The number of nitrogens with one attached hydrogen (secondary N) is 2. The molecule has 4 bridgehead atoms. The quantitative estimate of drug-likeness (QED) is 0.0910. The van der Waals surface area contributed by atoms with Crippen LogP contribution in [0.1, 0.15) is 162 Å². The van der Waals surface area contributed by atoms with Gasteiger partial charge in [0.1, 0.15) is 12.5 Å². The molecule has 0 spiro atoms. The molecule has 6 aliphatic carbocycles. The molecular formula is C44H66BN4O4. The first kappa shape index (κ1) is 40.0. The molecule has 2 atom stereocenters. The average molecular weight is 726 g/mol. The van der Waals surface area contributed by atoms with E-state index in [4.69, 9.17) is 20.8 Å². The monoisotopic (exact) mass is 726 g/mol. The molecule has 2 amide bonds. The van der Waals surface area contributed by atoms with Crippen LogP contribution < -0.4 is 22.1 Å². The van der Waals surface area contributed by atoms with Gasteiger partial charge in [-0.25, -0.2) is 0 Å². The first-order chi connectivity index (χ1) is 25.5. The standard InChI is InChI=1S/C44H66BN4O4/c1-31(2)41-17-23-43(24-18-41,25-19-41)35-13-9-33(10-14-35)39(50)48-37(7-5-29-46)52-45-53-38(8-6-30-47)49-40(51)34-11-15-36(16-12-34)44-26-20-42(21-27-44,22-28-44)32(3)4/h9-16,31-32,37-38H,5-8,17-30,46-47H2,1-4H3,(H,48,50)(H,49,51). The third-order valence-electron chi connectivity index (χ3n) is 14.9. The van der Waals surface area contributed by atoms with Gasteiger partial charge < -0.3 is 31.4 Å². The van der Waals surface area contributed by atoms with Gasteiger partial charge in [-0.3, -0.25) is 9.59 Å². The van der Waals surface area contributed by atoms with E-state index in [1.807, 2.05) is 24.3 Å². The Hall–Kier alpha value is -2.72. The Labute approximate surface area is 320 Å². The summed E-state index contributed by atoms with van der Waals surface area (Å²) in [5, 5.41) is 6.03. The number of hydrogen-bond acceptors (Lipinski definition) is 6. The van der Waals surface area contributed by atoms with E-state index in [0.29, 0.717) is 60.7 Å². The van der Waals surface area contributed by atoms with Gasteiger partial charge in [0.05, 0.1) is 0 Å². The van der Waals surface area contributed by atoms with Crippen LogP contribution in [0.15, 0.2) is 48.5 Å². The predicted octanol–water partition coefficient (Wildman–Crippen LogP) is 8.04. The van der Waals surface area contributed by atoms with Gasteiger partial charge in [0.25, 0.3) is 11.8 Å². The Kier molecular flexibility index (Phi) is 12.8. The summed E-state index contributed by atoms with van der Waals surface area (Å²) in [4.78, 5) is 26.8. The van der Waals surface area contributed by atoms with E-state index in [1.165, 1.54) is 95.9 Å². The van der Waals surface area contributed by atoms with E-state index in [9.17, 15) is 9.59 Å². The van der Waals surface area contributed by atoms with Gasteiger partial charge in [-0.1, -0.05) is 52.0 Å². The molecule has 6 aliphatic rings. The van der Waals surface area contributed by atoms with Crippen molar-refractivity contribution in [2.24, 2.45) is 34.1 Å². The maximum Gasteiger partial charge on any atom is 0.491 e. The third kappa shape index (κ3) is 8.59. The van der Waals surface area contributed by atoms with Crippen molar-refractivity contribution < 1.29 is 18.9 Å².